The van der Waals surface area contributed by atoms with Gasteiger partial charge in [-0.15, -0.1) is 0 Å². The van der Waals surface area contributed by atoms with Crippen LogP contribution >= 0.6 is 0 Å². The zero-order valence-electron chi connectivity index (χ0n) is 80.9. The van der Waals surface area contributed by atoms with Crippen LogP contribution in [0.3, 0.4) is 0 Å². The average Bonchev–Trinajstić information content (AvgIpc) is 0.780. The number of pyridine rings is 3. The van der Waals surface area contributed by atoms with E-state index in [1.807, 2.05) is 123 Å². The molecule has 0 saturated heterocycles. The number of nitrogens with one attached hydrogen (secondary N) is 2. The number of aromatic nitrogens is 9. The molecule has 0 atom stereocenters. The van der Waals surface area contributed by atoms with Crippen LogP contribution in [0.25, 0.3) is 66.1 Å². The van der Waals surface area contributed by atoms with Gasteiger partial charge < -0.3 is 49.9 Å². The zero-order chi connectivity index (χ0) is 97.4. The lowest BCUT2D eigenvalue weighted by Crippen LogP contribution is -2.44. The Bertz CT molecular complexity index is 6570. The van der Waals surface area contributed by atoms with Crippen molar-refractivity contribution in [1.29, 1.82) is 0 Å². The van der Waals surface area contributed by atoms with Crippen LogP contribution in [0, 0.1) is 32.8 Å². The molecule has 4 N–H and O–H groups in total. The monoisotopic (exact) mass is 1900 g/mol. The van der Waals surface area contributed by atoms with Crippen molar-refractivity contribution in [3.8, 4) is 51.0 Å². The molecule has 31 heteroatoms. The molecule has 3 fully saturated rings. The number of sulfone groups is 3. The SMILES string of the molecule is CCc1cc(-c2ccc(CS(=O)(=O)c3ccccc3C)nc2OC)cc2cnc(F)nc12.CCc1cc(-c2ccc(CS(=O)(=O)c3ccccc3C)nc2OC)cc2cnc(NC3CCC(CC)CC3)nc12.CCc1cc(-c2ccc(CS(=O)(=O)c3ccccc3C)nc2OC)cc2cnc(NC3CCC(N(C)C(=O)OC(C)(C)C)CC3)nc12.CN(C(=O)OC(C)(C)C)C1CCC(N)CC1. The number of nitrogens with zero attached hydrogens (tertiary/aromatic N) is 11. The predicted molar refractivity (Wildman–Crippen MR) is 530 cm³/mol. The number of methoxy groups -OCH3 is 3. The summed E-state index contributed by atoms with van der Waals surface area (Å²) in [6.07, 6.45) is 19.7. The number of carbonyl (C=O) groups is 2. The Kier molecular flexibility index (Phi) is 33.8. The molecule has 0 radical (unpaired) electrons. The van der Waals surface area contributed by atoms with Gasteiger partial charge in [-0.1, -0.05) is 88.7 Å². The fourth-order valence-electron chi connectivity index (χ4n) is 17.5. The molecule has 718 valence electrons. The number of aryl methyl sites for hydroxylation is 6. The first-order valence-corrected chi connectivity index (χ1v) is 51.4. The van der Waals surface area contributed by atoms with E-state index < -0.39 is 46.8 Å². The Morgan fingerprint density at radius 2 is 0.733 bits per heavy atom. The second-order valence-corrected chi connectivity index (χ2v) is 43.0. The van der Waals surface area contributed by atoms with Crippen molar-refractivity contribution in [2.45, 2.75) is 266 Å². The van der Waals surface area contributed by atoms with E-state index in [4.69, 9.17) is 39.4 Å². The first-order chi connectivity index (χ1) is 64.2. The first-order valence-electron chi connectivity index (χ1n) is 46.4. The number of amides is 2. The van der Waals surface area contributed by atoms with Crippen LogP contribution in [-0.2, 0) is 75.5 Å². The molecule has 27 nitrogen and oxygen atoms in total. The molecule has 3 saturated carbocycles. The molecule has 15 rings (SSSR count). The molecule has 0 aliphatic heterocycles. The standard InChI is InChI=1S/C36H45N5O5S.C32H38N4O3S.C24H22FN3O3S.C12H24N2O2/c1-8-24-19-25(30-18-15-28(38-33(30)45-7)22-47(43,44)31-12-10-9-11-23(31)2)20-26-21-37-34(40-32(24)26)39-27-13-16-29(17-14-27)41(6)35(42)46-36(3,4)5;1-5-22-11-13-26(14-12-22)35-32-33-19-25-18-24(17-23(6-2)30(25)36-32)28-16-15-27(34-31(28)39-4)20-40(37,38)29-10-8-7-9-21(29)3;1-4-16-11-17(12-18-13-26-24(25)28-22(16)18)20-10-9-19(27-23(20)31-3)14-32(29,30)21-8-6-5-7-15(21)2;1-12(2,3)16-11(15)14(4)10-7-5-9(13)6-8-10/h9-12,15,18-21,27,29H,8,13-14,16-17,22H2,1-7H3,(H,37,39,40);7-10,15-19,22,26H,5-6,11-14,20H2,1-4H3,(H,33,35,36);5-13H,4,14H2,1-3H3;9-10H,5-8,13H2,1-4H3. The molecule has 0 unspecified atom stereocenters. The number of hydrogen-bond donors (Lipinski definition) is 3. The summed E-state index contributed by atoms with van der Waals surface area (Å²) in [7, 11) is -2.46. The highest BCUT2D eigenvalue weighted by Gasteiger charge is 2.33. The van der Waals surface area contributed by atoms with E-state index in [0.29, 0.717) is 107 Å². The van der Waals surface area contributed by atoms with Crippen LogP contribution in [0.5, 0.6) is 17.6 Å². The van der Waals surface area contributed by atoms with E-state index in [9.17, 15) is 39.2 Å². The molecule has 3 aliphatic rings. The van der Waals surface area contributed by atoms with Gasteiger partial charge in [0.2, 0.25) is 29.5 Å². The van der Waals surface area contributed by atoms with Gasteiger partial charge in [-0.3, -0.25) is 0 Å². The first kappa shape index (κ1) is 102. The lowest BCUT2D eigenvalue weighted by Gasteiger charge is -2.35. The Morgan fingerprint density at radius 1 is 0.422 bits per heavy atom. The quantitative estimate of drug-likeness (QED) is 0.0447. The minimum absolute atomic E-state index is 0.142. The van der Waals surface area contributed by atoms with Gasteiger partial charge in [0.15, 0.2) is 29.5 Å². The number of benzene rings is 6. The maximum absolute atomic E-state index is 13.5. The second kappa shape index (κ2) is 44.7. The van der Waals surface area contributed by atoms with Crippen LogP contribution in [0.1, 0.15) is 203 Å². The molecule has 6 aromatic carbocycles. The average molecular weight is 1900 g/mol. The van der Waals surface area contributed by atoms with Crippen molar-refractivity contribution < 1.29 is 62.9 Å². The number of hydrogen-bond acceptors (Lipinski definition) is 25. The number of fused-ring (bicyclic) bond motifs is 3. The van der Waals surface area contributed by atoms with Crippen molar-refractivity contribution in [1.82, 2.24) is 54.7 Å². The van der Waals surface area contributed by atoms with Crippen molar-refractivity contribution in [2.24, 2.45) is 11.7 Å². The molecular formula is C104H129FN14O13S3. The normalized spacial score (nSPS) is 17.0. The summed E-state index contributed by atoms with van der Waals surface area (Å²) in [4.78, 5) is 69.0. The summed E-state index contributed by atoms with van der Waals surface area (Å²) >= 11 is 0. The maximum Gasteiger partial charge on any atom is 0.410 e. The lowest BCUT2D eigenvalue weighted by molar-refractivity contribution is 0.0174. The summed E-state index contributed by atoms with van der Waals surface area (Å²) < 4.78 is 119. The molecule has 6 aromatic heterocycles. The Hall–Kier alpha value is -11.9. The van der Waals surface area contributed by atoms with Gasteiger partial charge >= 0.3 is 18.3 Å². The number of ether oxygens (including phenoxy) is 5. The largest absolute Gasteiger partial charge is 0.481 e. The summed E-state index contributed by atoms with van der Waals surface area (Å²) in [5.74, 6) is 2.52. The topological polar surface area (TPSA) is 355 Å². The molecule has 0 spiro atoms. The fourth-order valence-corrected chi connectivity index (χ4v) is 22.2. The lowest BCUT2D eigenvalue weighted by atomic mass is 9.85. The molecule has 2 amide bonds. The number of nitrogens with two attached hydrogens (primary N) is 1. The minimum Gasteiger partial charge on any atom is -0.481 e. The predicted octanol–water partition coefficient (Wildman–Crippen LogP) is 20.9. The Morgan fingerprint density at radius 3 is 1.04 bits per heavy atom. The highest BCUT2D eigenvalue weighted by molar-refractivity contribution is 7.91. The van der Waals surface area contributed by atoms with Crippen LogP contribution in [0.15, 0.2) is 179 Å². The van der Waals surface area contributed by atoms with Crippen molar-refractivity contribution in [3.05, 3.63) is 221 Å². The van der Waals surface area contributed by atoms with Gasteiger partial charge in [-0.05, 0) is 306 Å². The Labute approximate surface area is 794 Å². The summed E-state index contributed by atoms with van der Waals surface area (Å²) in [5, 5.41) is 9.63. The van der Waals surface area contributed by atoms with E-state index in [-0.39, 0.29) is 47.6 Å². The molecule has 12 aromatic rings. The number of anilines is 2. The van der Waals surface area contributed by atoms with E-state index in [0.717, 1.165) is 155 Å². The van der Waals surface area contributed by atoms with Crippen LogP contribution in [0.4, 0.5) is 25.9 Å². The van der Waals surface area contributed by atoms with E-state index in [1.165, 1.54) is 39.7 Å². The van der Waals surface area contributed by atoms with E-state index in [1.54, 1.807) is 123 Å². The summed E-state index contributed by atoms with van der Waals surface area (Å²) in [5.41, 5.74) is 18.6. The molecule has 0 bridgehead atoms. The molecular weight excluding hydrogens is 1770 g/mol. The van der Waals surface area contributed by atoms with Gasteiger partial charge in [-0.2, -0.15) is 4.39 Å². The summed E-state index contributed by atoms with van der Waals surface area (Å²) in [6.45, 7) is 25.1. The zero-order valence-corrected chi connectivity index (χ0v) is 83.3. The van der Waals surface area contributed by atoms with Crippen LogP contribution < -0.4 is 30.6 Å². The number of rotatable bonds is 25. The number of halogens is 1. The Balaban J connectivity index is 0.000000170. The molecule has 6 heterocycles. The third kappa shape index (κ3) is 26.4. The smallest absolute Gasteiger partial charge is 0.410 e. The second-order valence-electron chi connectivity index (χ2n) is 37.1. The minimum atomic E-state index is -3.58. The van der Waals surface area contributed by atoms with Gasteiger partial charge in [0, 0.05) is 95.7 Å². The third-order valence-corrected chi connectivity index (χ3v) is 30.4. The van der Waals surface area contributed by atoms with Crippen molar-refractivity contribution in [3.63, 3.8) is 0 Å². The van der Waals surface area contributed by atoms with Crippen LogP contribution in [-0.4, -0.2) is 169 Å². The van der Waals surface area contributed by atoms with Gasteiger partial charge in [0.1, 0.15) is 11.2 Å². The molecule has 3 aliphatic carbocycles. The van der Waals surface area contributed by atoms with Crippen molar-refractivity contribution in [2.75, 3.05) is 46.1 Å². The highest BCUT2D eigenvalue weighted by Crippen LogP contribution is 2.40. The van der Waals surface area contributed by atoms with Crippen molar-refractivity contribution >= 4 is 86.3 Å². The summed E-state index contributed by atoms with van der Waals surface area (Å²) in [6, 6.07) is 45.0. The van der Waals surface area contributed by atoms with Gasteiger partial charge in [0.25, 0.3) is 0 Å². The van der Waals surface area contributed by atoms with E-state index >= 15 is 0 Å². The van der Waals surface area contributed by atoms with Gasteiger partial charge in [-0.25, -0.2) is 79.7 Å². The van der Waals surface area contributed by atoms with Gasteiger partial charge in [0.05, 0.1) is 86.9 Å². The fraction of sp³-hybridized carbons (Fsp3) is 0.433. The molecule has 135 heavy (non-hydrogen) atoms. The number of carbonyl (C=O) groups excluding carboxylic acids is 2. The maximum atomic E-state index is 13.5. The third-order valence-electron chi connectivity index (χ3n) is 25.0. The van der Waals surface area contributed by atoms with E-state index in [2.05, 4.69) is 78.4 Å². The highest BCUT2D eigenvalue weighted by atomic mass is 32.2. The van der Waals surface area contributed by atoms with Crippen LogP contribution in [0.2, 0.25) is 0 Å².